The summed E-state index contributed by atoms with van der Waals surface area (Å²) >= 11 is 0. The van der Waals surface area contributed by atoms with Crippen LogP contribution in [0.5, 0.6) is 0 Å². The number of piperidine rings is 1. The Hall–Kier alpha value is -1.63. The fourth-order valence-electron chi connectivity index (χ4n) is 2.88. The zero-order valence-corrected chi connectivity index (χ0v) is 12.8. The second-order valence-electron chi connectivity index (χ2n) is 5.74. The van der Waals surface area contributed by atoms with Crippen LogP contribution in [0, 0.1) is 11.3 Å². The molecule has 1 aromatic carbocycles. The summed E-state index contributed by atoms with van der Waals surface area (Å²) in [5.74, 6) is 0. The van der Waals surface area contributed by atoms with E-state index in [2.05, 4.69) is 28.5 Å². The van der Waals surface area contributed by atoms with E-state index >= 15 is 0 Å². The van der Waals surface area contributed by atoms with Crippen molar-refractivity contribution in [3.05, 3.63) is 48.0 Å². The van der Waals surface area contributed by atoms with Gasteiger partial charge >= 0.3 is 0 Å². The molecule has 3 heteroatoms. The molecule has 0 unspecified atom stereocenters. The number of nitrogens with zero attached hydrogens (tertiary/aromatic N) is 3. The third kappa shape index (κ3) is 5.34. The van der Waals surface area contributed by atoms with E-state index in [4.69, 9.17) is 5.26 Å². The predicted molar refractivity (Wildman–Crippen MR) is 86.9 cm³/mol. The van der Waals surface area contributed by atoms with Gasteiger partial charge in [0.05, 0.1) is 11.6 Å². The zero-order valence-electron chi connectivity index (χ0n) is 12.8. The maximum atomic E-state index is 8.99. The van der Waals surface area contributed by atoms with Crippen LogP contribution < -0.4 is 0 Å². The molecule has 1 aliphatic heterocycles. The quantitative estimate of drug-likeness (QED) is 0.721. The van der Waals surface area contributed by atoms with Gasteiger partial charge in [0.25, 0.3) is 0 Å². The summed E-state index contributed by atoms with van der Waals surface area (Å²) in [5, 5.41) is 8.99. The molecule has 0 saturated carbocycles. The third-order valence-electron chi connectivity index (χ3n) is 4.03. The lowest BCUT2D eigenvalue weighted by Crippen LogP contribution is -2.37. The normalized spacial score (nSPS) is 15.8. The fraction of sp³-hybridized carbons (Fsp3) is 0.500. The van der Waals surface area contributed by atoms with Crippen molar-refractivity contribution in [1.82, 2.24) is 9.80 Å². The van der Waals surface area contributed by atoms with Gasteiger partial charge in [-0.25, -0.2) is 0 Å². The van der Waals surface area contributed by atoms with Gasteiger partial charge < -0.3 is 4.90 Å². The number of hydrogen-bond acceptors (Lipinski definition) is 3. The van der Waals surface area contributed by atoms with E-state index in [0.717, 1.165) is 31.7 Å². The van der Waals surface area contributed by atoms with Gasteiger partial charge in [-0.3, -0.25) is 4.90 Å². The molecule has 21 heavy (non-hydrogen) atoms. The topological polar surface area (TPSA) is 30.3 Å². The molecule has 0 spiro atoms. The third-order valence-corrected chi connectivity index (χ3v) is 4.03. The highest BCUT2D eigenvalue weighted by Crippen LogP contribution is 2.10. The van der Waals surface area contributed by atoms with Crippen molar-refractivity contribution in [3.63, 3.8) is 0 Å². The molecule has 0 aliphatic carbocycles. The van der Waals surface area contributed by atoms with E-state index in [9.17, 15) is 0 Å². The Bertz CT molecular complexity index is 483. The highest BCUT2D eigenvalue weighted by molar-refractivity contribution is 5.32. The lowest BCUT2D eigenvalue weighted by molar-refractivity contribution is 0.186. The van der Waals surface area contributed by atoms with Gasteiger partial charge in [0.15, 0.2) is 0 Å². The average molecular weight is 283 g/mol. The molecule has 1 aromatic rings. The first-order valence-corrected chi connectivity index (χ1v) is 7.86. The van der Waals surface area contributed by atoms with E-state index in [1.54, 1.807) is 0 Å². The second-order valence-corrected chi connectivity index (χ2v) is 5.74. The van der Waals surface area contributed by atoms with Crippen LogP contribution in [0.2, 0.25) is 0 Å². The molecule has 0 atom stereocenters. The number of benzene rings is 1. The highest BCUT2D eigenvalue weighted by Gasteiger charge is 2.12. The Labute approximate surface area is 128 Å². The lowest BCUT2D eigenvalue weighted by Gasteiger charge is -2.29. The van der Waals surface area contributed by atoms with Crippen molar-refractivity contribution in [2.45, 2.75) is 25.8 Å². The van der Waals surface area contributed by atoms with Crippen molar-refractivity contribution in [2.24, 2.45) is 0 Å². The minimum Gasteiger partial charge on any atom is -0.302 e. The molecule has 0 bridgehead atoms. The van der Waals surface area contributed by atoms with Gasteiger partial charge in [-0.05, 0) is 43.6 Å². The van der Waals surface area contributed by atoms with Gasteiger partial charge in [0.1, 0.15) is 0 Å². The van der Waals surface area contributed by atoms with Gasteiger partial charge in [0.2, 0.25) is 0 Å². The Morgan fingerprint density at radius 2 is 2.10 bits per heavy atom. The predicted octanol–water partition coefficient (Wildman–Crippen LogP) is 3.03. The number of nitriles is 1. The average Bonchev–Trinajstić information content (AvgIpc) is 2.54. The summed E-state index contributed by atoms with van der Waals surface area (Å²) in [5.41, 5.74) is 1.94. The Balaban J connectivity index is 1.88. The molecule has 1 heterocycles. The summed E-state index contributed by atoms with van der Waals surface area (Å²) < 4.78 is 0. The standard InChI is InChI=1S/C18H25N3/c1-2-9-21(13-12-20-10-4-3-5-11-20)16-18-8-6-7-17(14-18)15-19/h2,6-8,14H,1,3-5,9-13,16H2. The van der Waals surface area contributed by atoms with Crippen molar-refractivity contribution in [1.29, 1.82) is 5.26 Å². The van der Waals surface area contributed by atoms with Crippen molar-refractivity contribution >= 4 is 0 Å². The van der Waals surface area contributed by atoms with Crippen LogP contribution >= 0.6 is 0 Å². The monoisotopic (exact) mass is 283 g/mol. The largest absolute Gasteiger partial charge is 0.302 e. The van der Waals surface area contributed by atoms with Crippen molar-refractivity contribution in [3.8, 4) is 6.07 Å². The van der Waals surface area contributed by atoms with E-state index in [1.165, 1.54) is 37.9 Å². The summed E-state index contributed by atoms with van der Waals surface area (Å²) in [6.45, 7) is 10.3. The van der Waals surface area contributed by atoms with Crippen LogP contribution in [-0.2, 0) is 6.54 Å². The molecule has 0 radical (unpaired) electrons. The highest BCUT2D eigenvalue weighted by atomic mass is 15.2. The maximum Gasteiger partial charge on any atom is 0.0991 e. The molecule has 0 amide bonds. The van der Waals surface area contributed by atoms with Crippen LogP contribution in [0.1, 0.15) is 30.4 Å². The van der Waals surface area contributed by atoms with Crippen LogP contribution in [0.25, 0.3) is 0 Å². The van der Waals surface area contributed by atoms with Gasteiger partial charge in [0, 0.05) is 26.2 Å². The van der Waals surface area contributed by atoms with Gasteiger partial charge in [-0.2, -0.15) is 5.26 Å². The molecule has 1 fully saturated rings. The summed E-state index contributed by atoms with van der Waals surface area (Å²) in [6, 6.07) is 10.1. The fourth-order valence-corrected chi connectivity index (χ4v) is 2.88. The number of rotatable bonds is 7. The van der Waals surface area contributed by atoms with Crippen LogP contribution in [-0.4, -0.2) is 42.5 Å². The van der Waals surface area contributed by atoms with E-state index in [-0.39, 0.29) is 0 Å². The molecule has 3 nitrogen and oxygen atoms in total. The minimum atomic E-state index is 0.738. The molecular formula is C18H25N3. The molecule has 0 N–H and O–H groups in total. The molecular weight excluding hydrogens is 258 g/mol. The molecule has 2 rings (SSSR count). The first-order valence-electron chi connectivity index (χ1n) is 7.86. The lowest BCUT2D eigenvalue weighted by atomic mass is 10.1. The molecule has 1 saturated heterocycles. The second kappa shape index (κ2) is 8.61. The number of likely N-dealkylation sites (tertiary alicyclic amines) is 1. The van der Waals surface area contributed by atoms with E-state index in [0.29, 0.717) is 0 Å². The maximum absolute atomic E-state index is 8.99. The summed E-state index contributed by atoms with van der Waals surface area (Å²) in [7, 11) is 0. The van der Waals surface area contributed by atoms with Crippen molar-refractivity contribution < 1.29 is 0 Å². The van der Waals surface area contributed by atoms with E-state index in [1.807, 2.05) is 24.3 Å². The van der Waals surface area contributed by atoms with Gasteiger partial charge in [-0.15, -0.1) is 6.58 Å². The van der Waals surface area contributed by atoms with Crippen molar-refractivity contribution in [2.75, 3.05) is 32.7 Å². The van der Waals surface area contributed by atoms with Crippen LogP contribution in [0.15, 0.2) is 36.9 Å². The van der Waals surface area contributed by atoms with Crippen LogP contribution in [0.4, 0.5) is 0 Å². The Morgan fingerprint density at radius 3 is 2.81 bits per heavy atom. The van der Waals surface area contributed by atoms with Crippen LogP contribution in [0.3, 0.4) is 0 Å². The summed E-state index contributed by atoms with van der Waals surface area (Å²) in [6.07, 6.45) is 6.02. The SMILES string of the molecule is C=CCN(CCN1CCCCC1)Cc1cccc(C#N)c1. The molecule has 1 aliphatic rings. The zero-order chi connectivity index (χ0) is 14.9. The smallest absolute Gasteiger partial charge is 0.0991 e. The minimum absolute atomic E-state index is 0.738. The van der Waals surface area contributed by atoms with Gasteiger partial charge in [-0.1, -0.05) is 24.6 Å². The first-order chi connectivity index (χ1) is 10.3. The molecule has 0 aromatic heterocycles. The molecule has 112 valence electrons. The Morgan fingerprint density at radius 1 is 1.29 bits per heavy atom. The summed E-state index contributed by atoms with van der Waals surface area (Å²) in [4.78, 5) is 4.96. The number of hydrogen-bond donors (Lipinski definition) is 0. The Kier molecular flexibility index (Phi) is 6.46. The first kappa shape index (κ1) is 15.8. The van der Waals surface area contributed by atoms with E-state index < -0.39 is 0 Å².